The molecule has 5 aromatic rings. The van der Waals surface area contributed by atoms with Crippen LogP contribution in [0.5, 0.6) is 0 Å². The Labute approximate surface area is 201 Å². The lowest BCUT2D eigenvalue weighted by Crippen LogP contribution is -2.11. The molecule has 34 heavy (non-hydrogen) atoms. The number of carbonyl (C=O) groups is 1. The molecule has 5 rings (SSSR count). The van der Waals surface area contributed by atoms with Crippen molar-refractivity contribution in [2.75, 3.05) is 10.7 Å². The van der Waals surface area contributed by atoms with Crippen molar-refractivity contribution in [3.63, 3.8) is 0 Å². The van der Waals surface area contributed by atoms with E-state index < -0.39 is 0 Å². The molecule has 3 aromatic carbocycles. The molecule has 0 aliphatic carbocycles. The number of rotatable bonds is 7. The second-order valence-electron chi connectivity index (χ2n) is 7.69. The van der Waals surface area contributed by atoms with Crippen molar-refractivity contribution in [2.24, 2.45) is 5.10 Å². The molecule has 0 spiro atoms. The second kappa shape index (κ2) is 9.72. The number of hydrogen-bond donors (Lipinski definition) is 2. The fraction of sp³-hybridized carbons (Fsp3) is 0.0741. The van der Waals surface area contributed by atoms with E-state index in [4.69, 9.17) is 0 Å². The third-order valence-electron chi connectivity index (χ3n) is 5.50. The van der Waals surface area contributed by atoms with E-state index >= 15 is 0 Å². The van der Waals surface area contributed by atoms with Crippen molar-refractivity contribution in [1.82, 2.24) is 9.55 Å². The number of carbonyl (C=O) groups excluding carboxylic acids is 1. The summed E-state index contributed by atoms with van der Waals surface area (Å²) in [6.07, 6.45) is 3.95. The number of nitrogens with one attached hydrogen (secondary N) is 2. The highest BCUT2D eigenvalue weighted by Gasteiger charge is 2.08. The molecule has 0 radical (unpaired) electrons. The molecule has 0 saturated carbocycles. The molecular weight excluding hydrogens is 442 g/mol. The Morgan fingerprint density at radius 3 is 2.59 bits per heavy atom. The summed E-state index contributed by atoms with van der Waals surface area (Å²) in [6.45, 7) is 3.04. The number of aryl methyl sites for hydroxylation is 1. The van der Waals surface area contributed by atoms with Crippen molar-refractivity contribution in [1.29, 1.82) is 0 Å². The molecule has 1 amide bonds. The quantitative estimate of drug-likeness (QED) is 0.213. The van der Waals surface area contributed by atoms with Crippen LogP contribution in [0.4, 0.5) is 10.8 Å². The number of hydrogen-bond acceptors (Lipinski definition) is 5. The average Bonchev–Trinajstić information content (AvgIpc) is 3.50. The highest BCUT2D eigenvalue weighted by Crippen LogP contribution is 2.26. The molecule has 0 atom stereocenters. The van der Waals surface area contributed by atoms with Crippen molar-refractivity contribution in [3.05, 3.63) is 102 Å². The van der Waals surface area contributed by atoms with Crippen molar-refractivity contribution >= 4 is 45.2 Å². The van der Waals surface area contributed by atoms with Crippen LogP contribution < -0.4 is 10.7 Å². The number of anilines is 2. The lowest BCUT2D eigenvalue weighted by Gasteiger charge is -2.06. The van der Waals surface area contributed by atoms with Gasteiger partial charge in [0, 0.05) is 51.4 Å². The van der Waals surface area contributed by atoms with Gasteiger partial charge in [0.15, 0.2) is 0 Å². The maximum Gasteiger partial charge on any atom is 0.255 e. The third-order valence-corrected chi connectivity index (χ3v) is 6.25. The molecule has 0 aliphatic heterocycles. The molecule has 2 heterocycles. The van der Waals surface area contributed by atoms with Crippen LogP contribution in [0.25, 0.3) is 22.2 Å². The summed E-state index contributed by atoms with van der Waals surface area (Å²) < 4.78 is 2.21. The summed E-state index contributed by atoms with van der Waals surface area (Å²) >= 11 is 1.49. The predicted octanol–water partition coefficient (Wildman–Crippen LogP) is 6.48. The number of aromatic nitrogens is 2. The number of amides is 1. The summed E-state index contributed by atoms with van der Waals surface area (Å²) in [6, 6.07) is 25.1. The van der Waals surface area contributed by atoms with E-state index in [0.717, 1.165) is 29.1 Å². The lowest BCUT2D eigenvalue weighted by molar-refractivity contribution is 0.102. The van der Waals surface area contributed by atoms with Crippen molar-refractivity contribution < 1.29 is 4.79 Å². The highest BCUT2D eigenvalue weighted by atomic mass is 32.1. The van der Waals surface area contributed by atoms with Gasteiger partial charge in [-0.05, 0) is 37.3 Å². The maximum absolute atomic E-state index is 12.3. The van der Waals surface area contributed by atoms with Gasteiger partial charge in [-0.25, -0.2) is 4.98 Å². The third kappa shape index (κ3) is 4.60. The number of hydrazone groups is 1. The van der Waals surface area contributed by atoms with E-state index in [2.05, 4.69) is 56.7 Å². The minimum atomic E-state index is -0.131. The van der Waals surface area contributed by atoms with Crippen LogP contribution in [0.15, 0.2) is 95.5 Å². The van der Waals surface area contributed by atoms with Gasteiger partial charge in [-0.3, -0.25) is 10.2 Å². The van der Waals surface area contributed by atoms with Crippen LogP contribution in [-0.2, 0) is 6.54 Å². The van der Waals surface area contributed by atoms with Crippen LogP contribution in [-0.4, -0.2) is 21.7 Å². The summed E-state index contributed by atoms with van der Waals surface area (Å²) in [5.41, 5.74) is 8.49. The minimum Gasteiger partial charge on any atom is -0.347 e. The second-order valence-corrected chi connectivity index (χ2v) is 8.55. The Bertz CT molecular complexity index is 1450. The Kier molecular flexibility index (Phi) is 6.18. The molecule has 2 aromatic heterocycles. The molecule has 6 nitrogen and oxygen atoms in total. The Morgan fingerprint density at radius 1 is 1.03 bits per heavy atom. The Hall–Kier alpha value is -4.23. The van der Waals surface area contributed by atoms with Crippen LogP contribution >= 0.6 is 11.3 Å². The maximum atomic E-state index is 12.3. The number of para-hydroxylation sites is 1. The molecular formula is C27H23N5OS. The Morgan fingerprint density at radius 2 is 1.79 bits per heavy atom. The fourth-order valence-electron chi connectivity index (χ4n) is 3.77. The highest BCUT2D eigenvalue weighted by molar-refractivity contribution is 7.14. The molecule has 0 bridgehead atoms. The predicted molar refractivity (Wildman–Crippen MR) is 141 cm³/mol. The van der Waals surface area contributed by atoms with Gasteiger partial charge < -0.3 is 9.88 Å². The zero-order chi connectivity index (χ0) is 23.3. The first-order valence-corrected chi connectivity index (χ1v) is 11.9. The van der Waals surface area contributed by atoms with Crippen LogP contribution in [0.3, 0.4) is 0 Å². The van der Waals surface area contributed by atoms with Crippen LogP contribution in [0, 0.1) is 0 Å². The smallest absolute Gasteiger partial charge is 0.255 e. The largest absolute Gasteiger partial charge is 0.347 e. The molecule has 0 saturated heterocycles. The Balaban J connectivity index is 1.24. The topological polar surface area (TPSA) is 71.3 Å². The summed E-state index contributed by atoms with van der Waals surface area (Å²) in [7, 11) is 0. The van der Waals surface area contributed by atoms with Crippen LogP contribution in [0.1, 0.15) is 22.8 Å². The zero-order valence-corrected chi connectivity index (χ0v) is 19.4. The summed E-state index contributed by atoms with van der Waals surface area (Å²) in [5, 5.41) is 11.2. The van der Waals surface area contributed by atoms with E-state index in [0.29, 0.717) is 10.7 Å². The number of fused-ring (bicyclic) bond motifs is 1. The van der Waals surface area contributed by atoms with Gasteiger partial charge >= 0.3 is 0 Å². The molecule has 0 unspecified atom stereocenters. The van der Waals surface area contributed by atoms with E-state index in [1.165, 1.54) is 22.2 Å². The molecule has 7 heteroatoms. The van der Waals surface area contributed by atoms with E-state index in [-0.39, 0.29) is 5.91 Å². The normalized spacial score (nSPS) is 11.2. The SMILES string of the molecule is CCn1cc(/C=N/Nc2nc(-c3ccc(NC(=O)c4ccccc4)cc3)cs2)c2ccccc21. The number of nitrogens with zero attached hydrogens (tertiary/aromatic N) is 3. The molecule has 2 N–H and O–H groups in total. The monoisotopic (exact) mass is 465 g/mol. The van der Waals surface area contributed by atoms with Gasteiger partial charge in [0.25, 0.3) is 5.91 Å². The lowest BCUT2D eigenvalue weighted by atomic mass is 10.1. The van der Waals surface area contributed by atoms with E-state index in [1.807, 2.05) is 60.1 Å². The van der Waals surface area contributed by atoms with Crippen molar-refractivity contribution in [3.8, 4) is 11.3 Å². The average molecular weight is 466 g/mol. The minimum absolute atomic E-state index is 0.131. The summed E-state index contributed by atoms with van der Waals surface area (Å²) in [5.74, 6) is -0.131. The standard InChI is InChI=1S/C27H23N5OS/c1-2-32-17-21(23-10-6-7-11-25(23)32)16-28-31-27-30-24(18-34-27)19-12-14-22(15-13-19)29-26(33)20-8-4-3-5-9-20/h3-18H,2H2,1H3,(H,29,33)(H,30,31)/b28-16+. The fourth-order valence-corrected chi connectivity index (χ4v) is 4.44. The van der Waals surface area contributed by atoms with Crippen LogP contribution in [0.2, 0.25) is 0 Å². The van der Waals surface area contributed by atoms with E-state index in [1.54, 1.807) is 12.1 Å². The number of benzene rings is 3. The molecule has 0 aliphatic rings. The van der Waals surface area contributed by atoms with Gasteiger partial charge in [0.05, 0.1) is 11.9 Å². The first-order valence-electron chi connectivity index (χ1n) is 11.0. The van der Waals surface area contributed by atoms with Gasteiger partial charge in [-0.15, -0.1) is 11.3 Å². The van der Waals surface area contributed by atoms with Gasteiger partial charge in [-0.1, -0.05) is 48.5 Å². The van der Waals surface area contributed by atoms with Crippen molar-refractivity contribution in [2.45, 2.75) is 13.5 Å². The van der Waals surface area contributed by atoms with Gasteiger partial charge in [0.2, 0.25) is 5.13 Å². The first kappa shape index (κ1) is 21.6. The van der Waals surface area contributed by atoms with E-state index in [9.17, 15) is 4.79 Å². The summed E-state index contributed by atoms with van der Waals surface area (Å²) in [4.78, 5) is 17.0. The van der Waals surface area contributed by atoms with Gasteiger partial charge in [-0.2, -0.15) is 5.10 Å². The van der Waals surface area contributed by atoms with Gasteiger partial charge in [0.1, 0.15) is 0 Å². The zero-order valence-electron chi connectivity index (χ0n) is 18.6. The number of thiazole rings is 1. The molecule has 0 fully saturated rings. The molecule has 168 valence electrons. The first-order chi connectivity index (χ1) is 16.7.